The topological polar surface area (TPSA) is 51.0 Å². The summed E-state index contributed by atoms with van der Waals surface area (Å²) in [6, 6.07) is 3.87. The van der Waals surface area contributed by atoms with Gasteiger partial charge in [-0.1, -0.05) is 0 Å². The van der Waals surface area contributed by atoms with Gasteiger partial charge >= 0.3 is 0 Å². The van der Waals surface area contributed by atoms with Crippen LogP contribution >= 0.6 is 15.9 Å². The highest BCUT2D eigenvalue weighted by Crippen LogP contribution is 2.16. The number of nitrogens with zero attached hydrogens (tertiary/aromatic N) is 2. The lowest BCUT2D eigenvalue weighted by molar-refractivity contribution is 0.479. The molecule has 0 saturated carbocycles. The van der Waals surface area contributed by atoms with E-state index in [0.29, 0.717) is 12.4 Å². The van der Waals surface area contributed by atoms with Crippen LogP contribution in [0.3, 0.4) is 0 Å². The van der Waals surface area contributed by atoms with Crippen LogP contribution in [-0.4, -0.2) is 9.97 Å². The van der Waals surface area contributed by atoms with Crippen molar-refractivity contribution in [3.05, 3.63) is 40.1 Å². The Morgan fingerprint density at radius 1 is 1.38 bits per heavy atom. The Morgan fingerprint density at radius 3 is 2.81 bits per heavy atom. The number of anilines is 1. The van der Waals surface area contributed by atoms with Crippen molar-refractivity contribution in [1.82, 2.24) is 9.97 Å². The fraction of sp³-hybridized carbons (Fsp3) is 0.273. The van der Waals surface area contributed by atoms with E-state index < -0.39 is 0 Å². The van der Waals surface area contributed by atoms with Gasteiger partial charge in [0.25, 0.3) is 0 Å². The van der Waals surface area contributed by atoms with Gasteiger partial charge in [0.1, 0.15) is 11.6 Å². The third-order valence-electron chi connectivity index (χ3n) is 2.11. The zero-order valence-electron chi connectivity index (χ0n) is 9.12. The zero-order valence-corrected chi connectivity index (χ0v) is 10.7. The van der Waals surface area contributed by atoms with E-state index >= 15 is 0 Å². The Kier molecular flexibility index (Phi) is 3.24. The lowest BCUT2D eigenvalue weighted by Crippen LogP contribution is -2.02. The maximum Gasteiger partial charge on any atom is 0.213 e. The summed E-state index contributed by atoms with van der Waals surface area (Å²) in [5.74, 6) is 2.30. The fourth-order valence-electron chi connectivity index (χ4n) is 1.29. The Hall–Kier alpha value is -1.36. The molecule has 0 fully saturated rings. The molecular formula is C11H12BrN3O. The Bertz CT molecular complexity index is 496. The van der Waals surface area contributed by atoms with E-state index in [9.17, 15) is 0 Å². The smallest absolute Gasteiger partial charge is 0.213 e. The molecule has 2 aromatic rings. The minimum atomic E-state index is 0.544. The molecule has 0 aliphatic heterocycles. The highest BCUT2D eigenvalue weighted by molar-refractivity contribution is 9.10. The van der Waals surface area contributed by atoms with Gasteiger partial charge in [-0.25, -0.2) is 9.97 Å². The Morgan fingerprint density at radius 2 is 2.19 bits per heavy atom. The summed E-state index contributed by atoms with van der Waals surface area (Å²) >= 11 is 3.41. The summed E-state index contributed by atoms with van der Waals surface area (Å²) in [5, 5.41) is 3.15. The molecule has 0 spiro atoms. The molecule has 5 heteroatoms. The van der Waals surface area contributed by atoms with Crippen LogP contribution in [0.5, 0.6) is 0 Å². The first-order valence-corrected chi connectivity index (χ1v) is 5.73. The molecule has 2 aromatic heterocycles. The molecule has 0 saturated heterocycles. The molecule has 4 nitrogen and oxygen atoms in total. The molecule has 2 heterocycles. The number of halogens is 1. The monoisotopic (exact) mass is 281 g/mol. The Balaban J connectivity index is 2.02. The van der Waals surface area contributed by atoms with Crippen LogP contribution in [0.2, 0.25) is 0 Å². The maximum absolute atomic E-state index is 5.35. The van der Waals surface area contributed by atoms with Gasteiger partial charge in [-0.15, -0.1) is 0 Å². The van der Waals surface area contributed by atoms with Gasteiger partial charge in [-0.2, -0.15) is 0 Å². The third kappa shape index (κ3) is 2.61. The second-order valence-electron chi connectivity index (χ2n) is 3.48. The summed E-state index contributed by atoms with van der Waals surface area (Å²) < 4.78 is 6.35. The van der Waals surface area contributed by atoms with Gasteiger partial charge in [0.15, 0.2) is 0 Å². The average Bonchev–Trinajstić information content (AvgIpc) is 2.66. The van der Waals surface area contributed by atoms with Gasteiger partial charge < -0.3 is 9.73 Å². The van der Waals surface area contributed by atoms with E-state index in [1.54, 1.807) is 6.20 Å². The van der Waals surface area contributed by atoms with Crippen LogP contribution in [0.15, 0.2) is 27.2 Å². The first-order valence-electron chi connectivity index (χ1n) is 4.93. The van der Waals surface area contributed by atoms with Crippen LogP contribution < -0.4 is 5.32 Å². The van der Waals surface area contributed by atoms with Crippen molar-refractivity contribution in [3.8, 4) is 0 Å². The average molecular weight is 282 g/mol. The number of hydrogen-bond acceptors (Lipinski definition) is 4. The number of nitrogens with one attached hydrogen (secondary N) is 1. The van der Waals surface area contributed by atoms with Gasteiger partial charge in [0.2, 0.25) is 5.89 Å². The minimum Gasteiger partial charge on any atom is -0.444 e. The van der Waals surface area contributed by atoms with E-state index in [2.05, 4.69) is 31.2 Å². The van der Waals surface area contributed by atoms with Crippen LogP contribution in [0.1, 0.15) is 17.3 Å². The molecule has 0 aliphatic carbocycles. The number of oxazole rings is 1. The SMILES string of the molecule is Cc1cnc(CNc2ccc(Br)c(C)n2)o1. The standard InChI is InChI=1S/C11H12BrN3O/c1-7-5-14-11(16-7)6-13-10-4-3-9(12)8(2)15-10/h3-5H,6H2,1-2H3,(H,13,15). The Labute approximate surface area is 102 Å². The molecule has 84 valence electrons. The molecule has 0 bridgehead atoms. The van der Waals surface area contributed by atoms with Crippen molar-refractivity contribution in [3.63, 3.8) is 0 Å². The van der Waals surface area contributed by atoms with E-state index in [1.807, 2.05) is 26.0 Å². The second kappa shape index (κ2) is 4.65. The van der Waals surface area contributed by atoms with Crippen molar-refractivity contribution in [2.24, 2.45) is 0 Å². The van der Waals surface area contributed by atoms with Crippen LogP contribution in [0.4, 0.5) is 5.82 Å². The van der Waals surface area contributed by atoms with Crippen molar-refractivity contribution in [1.29, 1.82) is 0 Å². The van der Waals surface area contributed by atoms with Crippen LogP contribution in [0.25, 0.3) is 0 Å². The van der Waals surface area contributed by atoms with Crippen LogP contribution in [-0.2, 0) is 6.54 Å². The molecule has 16 heavy (non-hydrogen) atoms. The maximum atomic E-state index is 5.35. The molecule has 2 rings (SSSR count). The highest BCUT2D eigenvalue weighted by Gasteiger charge is 2.02. The van der Waals surface area contributed by atoms with Gasteiger partial charge in [0, 0.05) is 4.47 Å². The van der Waals surface area contributed by atoms with Crippen molar-refractivity contribution in [2.45, 2.75) is 20.4 Å². The second-order valence-corrected chi connectivity index (χ2v) is 4.34. The van der Waals surface area contributed by atoms with Gasteiger partial charge in [-0.05, 0) is 41.9 Å². The molecule has 0 atom stereocenters. The summed E-state index contributed by atoms with van der Waals surface area (Å²) in [7, 11) is 0. The van der Waals surface area contributed by atoms with Gasteiger partial charge in [0.05, 0.1) is 18.4 Å². The number of aryl methyl sites for hydroxylation is 2. The number of rotatable bonds is 3. The van der Waals surface area contributed by atoms with E-state index in [-0.39, 0.29) is 0 Å². The lowest BCUT2D eigenvalue weighted by Gasteiger charge is -2.04. The minimum absolute atomic E-state index is 0.544. The highest BCUT2D eigenvalue weighted by atomic mass is 79.9. The fourth-order valence-corrected chi connectivity index (χ4v) is 1.51. The van der Waals surface area contributed by atoms with E-state index in [1.165, 1.54) is 0 Å². The van der Waals surface area contributed by atoms with Crippen molar-refractivity contribution < 1.29 is 4.42 Å². The molecule has 0 unspecified atom stereocenters. The normalized spacial score (nSPS) is 10.4. The summed E-state index contributed by atoms with van der Waals surface area (Å²) in [5.41, 5.74) is 0.952. The van der Waals surface area contributed by atoms with Crippen LogP contribution in [0, 0.1) is 13.8 Å². The zero-order chi connectivity index (χ0) is 11.5. The predicted octanol–water partition coefficient (Wildman–Crippen LogP) is 3.06. The molecular weight excluding hydrogens is 270 g/mol. The number of hydrogen-bond donors (Lipinski definition) is 1. The third-order valence-corrected chi connectivity index (χ3v) is 2.95. The first kappa shape index (κ1) is 11.1. The summed E-state index contributed by atoms with van der Waals surface area (Å²) in [4.78, 5) is 8.47. The van der Waals surface area contributed by atoms with Crippen molar-refractivity contribution >= 4 is 21.7 Å². The van der Waals surface area contributed by atoms with E-state index in [0.717, 1.165) is 21.7 Å². The number of pyridine rings is 1. The molecule has 1 N–H and O–H groups in total. The molecule has 0 amide bonds. The lowest BCUT2D eigenvalue weighted by atomic mass is 10.4. The quantitative estimate of drug-likeness (QED) is 0.940. The number of aromatic nitrogens is 2. The molecule has 0 radical (unpaired) electrons. The van der Waals surface area contributed by atoms with Crippen molar-refractivity contribution in [2.75, 3.05) is 5.32 Å². The predicted molar refractivity (Wildman–Crippen MR) is 65.2 cm³/mol. The van der Waals surface area contributed by atoms with E-state index in [4.69, 9.17) is 4.42 Å². The summed E-state index contributed by atoms with van der Waals surface area (Å²) in [6.45, 7) is 4.37. The van der Waals surface area contributed by atoms with Gasteiger partial charge in [-0.3, -0.25) is 0 Å². The summed E-state index contributed by atoms with van der Waals surface area (Å²) in [6.07, 6.45) is 1.71. The molecule has 0 aromatic carbocycles. The molecule has 0 aliphatic rings. The largest absolute Gasteiger partial charge is 0.444 e. The first-order chi connectivity index (χ1) is 7.65.